The van der Waals surface area contributed by atoms with Gasteiger partial charge in [0, 0.05) is 36.3 Å². The third-order valence-electron chi connectivity index (χ3n) is 5.37. The first-order valence-electron chi connectivity index (χ1n) is 9.24. The van der Waals surface area contributed by atoms with E-state index in [1.54, 1.807) is 0 Å². The maximum atomic E-state index is 12.9. The molecule has 7 nitrogen and oxygen atoms in total. The molecule has 4 aromatic rings. The Hall–Kier alpha value is -3.22. The SMILES string of the molecule is Cc1ccc2nnc(C3CCN(C(=O)c4ccc5cc[nH]c5c4)CC3)n2n1. The summed E-state index contributed by atoms with van der Waals surface area (Å²) < 4.78 is 1.84. The number of rotatable bonds is 2. The molecule has 1 aliphatic heterocycles. The van der Waals surface area contributed by atoms with Crippen molar-refractivity contribution in [3.63, 3.8) is 0 Å². The van der Waals surface area contributed by atoms with Crippen LogP contribution in [-0.4, -0.2) is 48.7 Å². The molecule has 7 heteroatoms. The number of benzene rings is 1. The van der Waals surface area contributed by atoms with Gasteiger partial charge in [-0.25, -0.2) is 0 Å². The van der Waals surface area contributed by atoms with Crippen LogP contribution in [0.2, 0.25) is 0 Å². The van der Waals surface area contributed by atoms with Gasteiger partial charge in [0.25, 0.3) is 5.91 Å². The maximum absolute atomic E-state index is 12.9. The Morgan fingerprint density at radius 3 is 2.81 bits per heavy atom. The van der Waals surface area contributed by atoms with E-state index in [0.717, 1.165) is 46.5 Å². The standard InChI is InChI=1S/C20H20N6O/c1-13-2-5-18-22-23-19(26(18)24-13)15-7-10-25(11-8-15)20(27)16-4-3-14-6-9-21-17(14)12-16/h2-6,9,12,15,21H,7-8,10-11H2,1H3. The number of H-pyrrole nitrogens is 1. The number of nitrogens with zero attached hydrogens (tertiary/aromatic N) is 5. The number of hydrogen-bond donors (Lipinski definition) is 1. The van der Waals surface area contributed by atoms with Crippen molar-refractivity contribution in [2.24, 2.45) is 0 Å². The molecule has 0 saturated carbocycles. The van der Waals surface area contributed by atoms with Gasteiger partial charge < -0.3 is 9.88 Å². The third kappa shape index (κ3) is 2.75. The van der Waals surface area contributed by atoms with Gasteiger partial charge in [0.05, 0.1) is 5.69 Å². The molecule has 0 aliphatic carbocycles. The normalized spacial score (nSPS) is 15.7. The van der Waals surface area contributed by atoms with Crippen LogP contribution in [0.25, 0.3) is 16.6 Å². The first kappa shape index (κ1) is 16.0. The molecule has 0 radical (unpaired) electrons. The summed E-state index contributed by atoms with van der Waals surface area (Å²) in [5.41, 5.74) is 3.44. The Morgan fingerprint density at radius 1 is 1.11 bits per heavy atom. The van der Waals surface area contributed by atoms with Crippen LogP contribution in [-0.2, 0) is 0 Å². The Balaban J connectivity index is 1.33. The highest BCUT2D eigenvalue weighted by Crippen LogP contribution is 2.28. The van der Waals surface area contributed by atoms with Gasteiger partial charge in [-0.1, -0.05) is 6.07 Å². The summed E-state index contributed by atoms with van der Waals surface area (Å²) >= 11 is 0. The van der Waals surface area contributed by atoms with E-state index in [4.69, 9.17) is 0 Å². The minimum Gasteiger partial charge on any atom is -0.361 e. The Morgan fingerprint density at radius 2 is 1.96 bits per heavy atom. The number of carbonyl (C=O) groups excluding carboxylic acids is 1. The molecule has 1 amide bonds. The van der Waals surface area contributed by atoms with E-state index in [1.165, 1.54) is 0 Å². The Labute approximate surface area is 156 Å². The lowest BCUT2D eigenvalue weighted by molar-refractivity contribution is 0.0711. The quantitative estimate of drug-likeness (QED) is 0.596. The van der Waals surface area contributed by atoms with Crippen LogP contribution in [0, 0.1) is 6.92 Å². The highest BCUT2D eigenvalue weighted by molar-refractivity contribution is 5.98. The van der Waals surface area contributed by atoms with Gasteiger partial charge in [-0.05, 0) is 55.5 Å². The van der Waals surface area contributed by atoms with Gasteiger partial charge in [-0.15, -0.1) is 10.2 Å². The zero-order chi connectivity index (χ0) is 18.4. The third-order valence-corrected chi connectivity index (χ3v) is 5.37. The minimum atomic E-state index is 0.0880. The zero-order valence-electron chi connectivity index (χ0n) is 15.1. The van der Waals surface area contributed by atoms with Crippen LogP contribution < -0.4 is 0 Å². The van der Waals surface area contributed by atoms with Gasteiger partial charge in [-0.2, -0.15) is 9.61 Å². The van der Waals surface area contributed by atoms with Crippen molar-refractivity contribution in [2.75, 3.05) is 13.1 Å². The van der Waals surface area contributed by atoms with Crippen LogP contribution in [0.3, 0.4) is 0 Å². The van der Waals surface area contributed by atoms with Crippen molar-refractivity contribution in [3.05, 3.63) is 59.7 Å². The average Bonchev–Trinajstić information content (AvgIpc) is 3.33. The van der Waals surface area contributed by atoms with E-state index in [1.807, 2.05) is 58.9 Å². The summed E-state index contributed by atoms with van der Waals surface area (Å²) in [5.74, 6) is 1.25. The fourth-order valence-corrected chi connectivity index (χ4v) is 3.86. The summed E-state index contributed by atoms with van der Waals surface area (Å²) in [4.78, 5) is 18.0. The molecule has 0 atom stereocenters. The first-order chi connectivity index (χ1) is 13.2. The molecule has 5 rings (SSSR count). The van der Waals surface area contributed by atoms with Crippen LogP contribution in [0.5, 0.6) is 0 Å². The van der Waals surface area contributed by atoms with Crippen molar-refractivity contribution in [1.29, 1.82) is 0 Å². The van der Waals surface area contributed by atoms with E-state index in [9.17, 15) is 4.79 Å². The molecule has 1 saturated heterocycles. The number of piperidine rings is 1. The lowest BCUT2D eigenvalue weighted by atomic mass is 9.95. The number of aryl methyl sites for hydroxylation is 1. The first-order valence-corrected chi connectivity index (χ1v) is 9.24. The highest BCUT2D eigenvalue weighted by atomic mass is 16.2. The highest BCUT2D eigenvalue weighted by Gasteiger charge is 2.28. The summed E-state index contributed by atoms with van der Waals surface area (Å²) in [6.07, 6.45) is 3.63. The molecule has 0 spiro atoms. The van der Waals surface area contributed by atoms with Crippen molar-refractivity contribution >= 4 is 22.5 Å². The van der Waals surface area contributed by atoms with E-state index in [0.29, 0.717) is 13.1 Å². The summed E-state index contributed by atoms with van der Waals surface area (Å²) in [7, 11) is 0. The van der Waals surface area contributed by atoms with E-state index < -0.39 is 0 Å². The lowest BCUT2D eigenvalue weighted by Crippen LogP contribution is -2.38. The summed E-state index contributed by atoms with van der Waals surface area (Å²) in [6, 6.07) is 11.7. The number of fused-ring (bicyclic) bond motifs is 2. The number of likely N-dealkylation sites (tertiary alicyclic amines) is 1. The predicted molar refractivity (Wildman–Crippen MR) is 102 cm³/mol. The number of hydrogen-bond acceptors (Lipinski definition) is 4. The molecule has 1 aromatic carbocycles. The van der Waals surface area contributed by atoms with Gasteiger partial charge in [0.2, 0.25) is 0 Å². The largest absolute Gasteiger partial charge is 0.361 e. The molecule has 1 aliphatic rings. The topological polar surface area (TPSA) is 79.2 Å². The number of aromatic amines is 1. The van der Waals surface area contributed by atoms with Gasteiger partial charge >= 0.3 is 0 Å². The van der Waals surface area contributed by atoms with Crippen LogP contribution in [0.1, 0.15) is 40.6 Å². The molecular formula is C20H20N6O. The van der Waals surface area contributed by atoms with E-state index in [-0.39, 0.29) is 11.8 Å². The molecule has 0 unspecified atom stereocenters. The molecule has 4 heterocycles. The number of amides is 1. The molecule has 136 valence electrons. The van der Waals surface area contributed by atoms with E-state index in [2.05, 4.69) is 20.3 Å². The summed E-state index contributed by atoms with van der Waals surface area (Å²) in [5, 5.41) is 14.2. The second-order valence-electron chi connectivity index (χ2n) is 7.15. The predicted octanol–water partition coefficient (Wildman–Crippen LogP) is 2.93. The smallest absolute Gasteiger partial charge is 0.253 e. The lowest BCUT2D eigenvalue weighted by Gasteiger charge is -2.31. The van der Waals surface area contributed by atoms with Gasteiger partial charge in [-0.3, -0.25) is 4.79 Å². The van der Waals surface area contributed by atoms with Crippen LogP contribution in [0.15, 0.2) is 42.6 Å². The molecule has 0 bridgehead atoms. The summed E-state index contributed by atoms with van der Waals surface area (Å²) in [6.45, 7) is 3.39. The fourth-order valence-electron chi connectivity index (χ4n) is 3.86. The van der Waals surface area contributed by atoms with Crippen molar-refractivity contribution in [1.82, 2.24) is 29.7 Å². The van der Waals surface area contributed by atoms with Crippen molar-refractivity contribution in [3.8, 4) is 0 Å². The second kappa shape index (κ2) is 6.19. The number of nitrogens with one attached hydrogen (secondary N) is 1. The fraction of sp³-hybridized carbons (Fsp3) is 0.300. The van der Waals surface area contributed by atoms with Crippen molar-refractivity contribution in [2.45, 2.75) is 25.7 Å². The number of carbonyl (C=O) groups is 1. The van der Waals surface area contributed by atoms with Gasteiger partial charge in [0.1, 0.15) is 0 Å². The minimum absolute atomic E-state index is 0.0880. The maximum Gasteiger partial charge on any atom is 0.253 e. The molecular weight excluding hydrogens is 340 g/mol. The van der Waals surface area contributed by atoms with E-state index >= 15 is 0 Å². The second-order valence-corrected chi connectivity index (χ2v) is 7.15. The molecule has 1 fully saturated rings. The molecule has 27 heavy (non-hydrogen) atoms. The Bertz CT molecular complexity index is 1140. The monoisotopic (exact) mass is 360 g/mol. The molecule has 3 aromatic heterocycles. The van der Waals surface area contributed by atoms with Crippen molar-refractivity contribution < 1.29 is 4.79 Å². The zero-order valence-corrected chi connectivity index (χ0v) is 15.1. The Kier molecular flexibility index (Phi) is 3.67. The van der Waals surface area contributed by atoms with Gasteiger partial charge in [0.15, 0.2) is 11.5 Å². The number of aromatic nitrogens is 5. The van der Waals surface area contributed by atoms with Crippen LogP contribution in [0.4, 0.5) is 0 Å². The molecule has 1 N–H and O–H groups in total. The average molecular weight is 360 g/mol. The van der Waals surface area contributed by atoms with Crippen LogP contribution >= 0.6 is 0 Å².